The Kier molecular flexibility index (Phi) is 6.04. The van der Waals surface area contributed by atoms with E-state index in [1.807, 2.05) is 67.2 Å². The van der Waals surface area contributed by atoms with E-state index in [4.69, 9.17) is 10.8 Å². The van der Waals surface area contributed by atoms with Gasteiger partial charge in [-0.2, -0.15) is 5.10 Å². The third-order valence-electron chi connectivity index (χ3n) is 4.40. The largest absolute Gasteiger partial charge is 0.352 e. The summed E-state index contributed by atoms with van der Waals surface area (Å²) in [5.41, 5.74) is 10.3. The summed E-state index contributed by atoms with van der Waals surface area (Å²) in [6.07, 6.45) is 2.56. The average Bonchev–Trinajstić information content (AvgIpc) is 3.06. The summed E-state index contributed by atoms with van der Waals surface area (Å²) in [6, 6.07) is 18.2. The highest BCUT2D eigenvalue weighted by Gasteiger charge is 2.18. The topological polar surface area (TPSA) is 72.9 Å². The van der Waals surface area contributed by atoms with Crippen LogP contribution in [0.5, 0.6) is 0 Å². The molecule has 0 fully saturated rings. The van der Waals surface area contributed by atoms with Crippen LogP contribution in [0.1, 0.15) is 34.8 Å². The molecule has 2 aromatic carbocycles. The summed E-state index contributed by atoms with van der Waals surface area (Å²) in [4.78, 5) is 12.7. The van der Waals surface area contributed by atoms with Crippen LogP contribution in [0.25, 0.3) is 11.3 Å². The second-order valence-electron chi connectivity index (χ2n) is 6.96. The molecule has 140 valence electrons. The van der Waals surface area contributed by atoms with Crippen molar-refractivity contribution in [3.8, 4) is 11.3 Å². The van der Waals surface area contributed by atoms with Crippen LogP contribution in [0.3, 0.4) is 0 Å². The average molecular weight is 362 g/mol. The molecule has 3 rings (SSSR count). The van der Waals surface area contributed by atoms with E-state index in [1.165, 1.54) is 5.56 Å². The number of nitrogens with zero attached hydrogens (tertiary/aromatic N) is 2. The predicted molar refractivity (Wildman–Crippen MR) is 109 cm³/mol. The molecule has 0 aliphatic carbocycles. The van der Waals surface area contributed by atoms with Gasteiger partial charge >= 0.3 is 0 Å². The SMILES string of the molecule is Cc1ccc(-c2nn(Cc3ccccc3)cc2C(=O)NCCC(C)N)cc1. The molecule has 0 bridgehead atoms. The lowest BCUT2D eigenvalue weighted by Gasteiger charge is -2.07. The van der Waals surface area contributed by atoms with E-state index in [0.717, 1.165) is 17.5 Å². The van der Waals surface area contributed by atoms with Gasteiger partial charge in [0.1, 0.15) is 5.69 Å². The molecule has 1 heterocycles. The number of carbonyl (C=O) groups is 1. The predicted octanol–water partition coefficient (Wildman–Crippen LogP) is 3.37. The van der Waals surface area contributed by atoms with E-state index in [-0.39, 0.29) is 11.9 Å². The second kappa shape index (κ2) is 8.64. The lowest BCUT2D eigenvalue weighted by atomic mass is 10.1. The quantitative estimate of drug-likeness (QED) is 0.677. The third-order valence-corrected chi connectivity index (χ3v) is 4.40. The summed E-state index contributed by atoms with van der Waals surface area (Å²) in [5.74, 6) is -0.120. The van der Waals surface area contributed by atoms with Gasteiger partial charge in [-0.05, 0) is 25.8 Å². The number of hydrogen-bond donors (Lipinski definition) is 2. The lowest BCUT2D eigenvalue weighted by Crippen LogP contribution is -2.29. The van der Waals surface area contributed by atoms with Crippen LogP contribution in [-0.2, 0) is 6.54 Å². The van der Waals surface area contributed by atoms with Crippen molar-refractivity contribution in [1.29, 1.82) is 0 Å². The van der Waals surface area contributed by atoms with Crippen molar-refractivity contribution < 1.29 is 4.79 Å². The molecule has 0 saturated heterocycles. The Balaban J connectivity index is 1.89. The first-order valence-electron chi connectivity index (χ1n) is 9.25. The van der Waals surface area contributed by atoms with Crippen molar-refractivity contribution in [2.75, 3.05) is 6.54 Å². The molecule has 1 atom stereocenters. The first-order valence-corrected chi connectivity index (χ1v) is 9.25. The normalized spacial score (nSPS) is 12.0. The van der Waals surface area contributed by atoms with Gasteiger partial charge in [0.2, 0.25) is 0 Å². The number of rotatable bonds is 7. The van der Waals surface area contributed by atoms with Crippen LogP contribution in [-0.4, -0.2) is 28.3 Å². The van der Waals surface area contributed by atoms with E-state index in [0.29, 0.717) is 24.3 Å². The number of nitrogens with two attached hydrogens (primary N) is 1. The first-order chi connectivity index (χ1) is 13.0. The van der Waals surface area contributed by atoms with Crippen molar-refractivity contribution in [2.45, 2.75) is 32.9 Å². The first kappa shape index (κ1) is 18.9. The second-order valence-corrected chi connectivity index (χ2v) is 6.96. The fourth-order valence-electron chi connectivity index (χ4n) is 2.87. The Bertz CT molecular complexity index is 882. The van der Waals surface area contributed by atoms with Gasteiger partial charge in [-0.25, -0.2) is 0 Å². The maximum absolute atomic E-state index is 12.7. The van der Waals surface area contributed by atoms with Crippen LogP contribution < -0.4 is 11.1 Å². The number of benzene rings is 2. The molecule has 0 aliphatic heterocycles. The molecule has 1 unspecified atom stereocenters. The van der Waals surface area contributed by atoms with Crippen LogP contribution in [0.15, 0.2) is 60.8 Å². The molecule has 0 saturated carbocycles. The summed E-state index contributed by atoms with van der Waals surface area (Å²) >= 11 is 0. The number of hydrogen-bond acceptors (Lipinski definition) is 3. The van der Waals surface area contributed by atoms with E-state index < -0.39 is 0 Å². The van der Waals surface area contributed by atoms with Gasteiger partial charge in [0.15, 0.2) is 0 Å². The zero-order valence-electron chi connectivity index (χ0n) is 15.9. The van der Waals surface area contributed by atoms with E-state index in [9.17, 15) is 4.79 Å². The molecular weight excluding hydrogens is 336 g/mol. The minimum atomic E-state index is -0.120. The van der Waals surface area contributed by atoms with Crippen molar-refractivity contribution in [3.05, 3.63) is 77.5 Å². The lowest BCUT2D eigenvalue weighted by molar-refractivity contribution is 0.0953. The highest BCUT2D eigenvalue weighted by Crippen LogP contribution is 2.23. The number of amides is 1. The van der Waals surface area contributed by atoms with E-state index >= 15 is 0 Å². The maximum Gasteiger partial charge on any atom is 0.255 e. The number of aryl methyl sites for hydroxylation is 1. The van der Waals surface area contributed by atoms with Crippen LogP contribution in [0.4, 0.5) is 0 Å². The third kappa shape index (κ3) is 5.05. The van der Waals surface area contributed by atoms with Gasteiger partial charge in [0.05, 0.1) is 12.1 Å². The van der Waals surface area contributed by atoms with E-state index in [1.54, 1.807) is 0 Å². The molecular formula is C22H26N4O. The molecule has 3 aromatic rings. The smallest absolute Gasteiger partial charge is 0.255 e. The molecule has 1 amide bonds. The summed E-state index contributed by atoms with van der Waals surface area (Å²) in [6.45, 7) is 5.14. The Morgan fingerprint density at radius 1 is 1.15 bits per heavy atom. The van der Waals surface area contributed by atoms with Gasteiger partial charge in [-0.3, -0.25) is 9.48 Å². The highest BCUT2D eigenvalue weighted by molar-refractivity contribution is 5.99. The summed E-state index contributed by atoms with van der Waals surface area (Å²) in [7, 11) is 0. The summed E-state index contributed by atoms with van der Waals surface area (Å²) in [5, 5.41) is 7.66. The van der Waals surface area contributed by atoms with Crippen LogP contribution >= 0.6 is 0 Å². The standard InChI is InChI=1S/C22H26N4O/c1-16-8-10-19(11-9-16)21-20(22(27)24-13-12-17(2)23)15-26(25-21)14-18-6-4-3-5-7-18/h3-11,15,17H,12-14,23H2,1-2H3,(H,24,27). The van der Waals surface area contributed by atoms with Gasteiger partial charge in [-0.15, -0.1) is 0 Å². The van der Waals surface area contributed by atoms with Gasteiger partial charge in [0.25, 0.3) is 5.91 Å². The Hall–Kier alpha value is -2.92. The van der Waals surface area contributed by atoms with Crippen molar-refractivity contribution in [2.24, 2.45) is 5.73 Å². The number of carbonyl (C=O) groups excluding carboxylic acids is 1. The minimum absolute atomic E-state index is 0.0580. The van der Waals surface area contributed by atoms with Gasteiger partial charge in [-0.1, -0.05) is 60.2 Å². The van der Waals surface area contributed by atoms with Crippen LogP contribution in [0.2, 0.25) is 0 Å². The molecule has 0 radical (unpaired) electrons. The molecule has 1 aromatic heterocycles. The molecule has 3 N–H and O–H groups in total. The fraction of sp³-hybridized carbons (Fsp3) is 0.273. The molecule has 0 aliphatic rings. The Labute approximate surface area is 160 Å². The van der Waals surface area contributed by atoms with Crippen molar-refractivity contribution >= 4 is 5.91 Å². The molecule has 5 heteroatoms. The van der Waals surface area contributed by atoms with Gasteiger partial charge < -0.3 is 11.1 Å². The zero-order valence-corrected chi connectivity index (χ0v) is 15.9. The monoisotopic (exact) mass is 362 g/mol. The molecule has 5 nitrogen and oxygen atoms in total. The number of nitrogens with one attached hydrogen (secondary N) is 1. The fourth-order valence-corrected chi connectivity index (χ4v) is 2.87. The highest BCUT2D eigenvalue weighted by atomic mass is 16.1. The Morgan fingerprint density at radius 2 is 1.85 bits per heavy atom. The van der Waals surface area contributed by atoms with Gasteiger partial charge in [0, 0.05) is 24.3 Å². The summed E-state index contributed by atoms with van der Waals surface area (Å²) < 4.78 is 1.82. The molecule has 27 heavy (non-hydrogen) atoms. The van der Waals surface area contributed by atoms with Crippen molar-refractivity contribution in [1.82, 2.24) is 15.1 Å². The zero-order chi connectivity index (χ0) is 19.2. The minimum Gasteiger partial charge on any atom is -0.352 e. The molecule has 0 spiro atoms. The van der Waals surface area contributed by atoms with Crippen molar-refractivity contribution in [3.63, 3.8) is 0 Å². The number of aromatic nitrogens is 2. The van der Waals surface area contributed by atoms with E-state index in [2.05, 4.69) is 17.4 Å². The maximum atomic E-state index is 12.7. The Morgan fingerprint density at radius 3 is 2.52 bits per heavy atom. The van der Waals surface area contributed by atoms with Crippen LogP contribution in [0, 0.1) is 6.92 Å².